The van der Waals surface area contributed by atoms with Crippen LogP contribution in [-0.4, -0.2) is 46.8 Å². The van der Waals surface area contributed by atoms with E-state index in [1.807, 2.05) is 9.58 Å². The number of nitrogens with zero attached hydrogens (tertiary/aromatic N) is 3. The van der Waals surface area contributed by atoms with E-state index >= 15 is 0 Å². The van der Waals surface area contributed by atoms with Crippen molar-refractivity contribution in [2.45, 2.75) is 39.0 Å². The van der Waals surface area contributed by atoms with Crippen LogP contribution in [0.2, 0.25) is 0 Å². The van der Waals surface area contributed by atoms with E-state index in [-0.39, 0.29) is 5.91 Å². The van der Waals surface area contributed by atoms with Crippen LogP contribution in [0.1, 0.15) is 47.1 Å². The monoisotopic (exact) mass is 338 g/mol. The zero-order valence-corrected chi connectivity index (χ0v) is 14.9. The largest absolute Gasteiger partial charge is 0.336 e. The molecule has 1 saturated heterocycles. The summed E-state index contributed by atoms with van der Waals surface area (Å²) in [4.78, 5) is 15.0. The summed E-state index contributed by atoms with van der Waals surface area (Å²) in [6.07, 6.45) is 5.13. The molecule has 1 aromatic heterocycles. The fraction of sp³-hybridized carbons (Fsp3) is 0.500. The molecular formula is C20H26N4O. The molecule has 5 nitrogen and oxygen atoms in total. The van der Waals surface area contributed by atoms with Crippen LogP contribution in [0.3, 0.4) is 0 Å². The molecule has 1 N–H and O–H groups in total. The van der Waals surface area contributed by atoms with Crippen molar-refractivity contribution in [3.63, 3.8) is 0 Å². The third-order valence-corrected chi connectivity index (χ3v) is 5.35. The minimum atomic E-state index is 0.103. The minimum absolute atomic E-state index is 0.103. The summed E-state index contributed by atoms with van der Waals surface area (Å²) < 4.78 is 2.01. The highest BCUT2D eigenvalue weighted by atomic mass is 16.2. The molecule has 25 heavy (non-hydrogen) atoms. The second-order valence-electron chi connectivity index (χ2n) is 6.95. The molecule has 1 fully saturated rings. The molecule has 0 atom stereocenters. The van der Waals surface area contributed by atoms with Gasteiger partial charge >= 0.3 is 0 Å². The maximum atomic E-state index is 13.1. The SMILES string of the molecule is CCc1ccc(-n2nc(C(=O)N3CCCNCC3)c3c2CCC3)cc1. The normalized spacial score (nSPS) is 17.4. The topological polar surface area (TPSA) is 50.2 Å². The summed E-state index contributed by atoms with van der Waals surface area (Å²) in [6.45, 7) is 5.60. The standard InChI is InChI=1S/C20H26N4O/c1-2-15-7-9-16(10-8-15)24-18-6-3-5-17(18)19(22-24)20(25)23-13-4-11-21-12-14-23/h7-10,21H,2-6,11-14H2,1H3. The average molecular weight is 338 g/mol. The van der Waals surface area contributed by atoms with Crippen molar-refractivity contribution in [2.24, 2.45) is 0 Å². The Morgan fingerprint density at radius 1 is 1.12 bits per heavy atom. The first-order valence-corrected chi connectivity index (χ1v) is 9.48. The van der Waals surface area contributed by atoms with Crippen LogP contribution >= 0.6 is 0 Å². The number of aryl methyl sites for hydroxylation is 1. The summed E-state index contributed by atoms with van der Waals surface area (Å²) in [5.74, 6) is 0.103. The van der Waals surface area contributed by atoms with E-state index in [2.05, 4.69) is 36.5 Å². The number of rotatable bonds is 3. The van der Waals surface area contributed by atoms with E-state index in [1.165, 1.54) is 16.8 Å². The maximum Gasteiger partial charge on any atom is 0.274 e. The van der Waals surface area contributed by atoms with E-state index in [9.17, 15) is 4.79 Å². The van der Waals surface area contributed by atoms with Gasteiger partial charge in [0.15, 0.2) is 5.69 Å². The molecule has 0 radical (unpaired) electrons. The molecule has 0 unspecified atom stereocenters. The quantitative estimate of drug-likeness (QED) is 0.935. The Morgan fingerprint density at radius 3 is 2.76 bits per heavy atom. The average Bonchev–Trinajstić information content (AvgIpc) is 3.14. The van der Waals surface area contributed by atoms with Crippen molar-refractivity contribution in [1.29, 1.82) is 0 Å². The Balaban J connectivity index is 1.68. The van der Waals surface area contributed by atoms with Gasteiger partial charge in [-0.05, 0) is 56.3 Å². The number of hydrogen-bond acceptors (Lipinski definition) is 3. The van der Waals surface area contributed by atoms with E-state index in [1.54, 1.807) is 0 Å². The second-order valence-corrected chi connectivity index (χ2v) is 6.95. The fourth-order valence-corrected chi connectivity index (χ4v) is 3.89. The zero-order valence-electron chi connectivity index (χ0n) is 14.9. The molecule has 1 aliphatic heterocycles. The smallest absolute Gasteiger partial charge is 0.274 e. The van der Waals surface area contributed by atoms with E-state index in [0.29, 0.717) is 5.69 Å². The number of amides is 1. The predicted octanol–water partition coefficient (Wildman–Crippen LogP) is 2.36. The van der Waals surface area contributed by atoms with Crippen molar-refractivity contribution >= 4 is 5.91 Å². The zero-order chi connectivity index (χ0) is 17.2. The summed E-state index contributed by atoms with van der Waals surface area (Å²) in [5, 5.41) is 8.13. The van der Waals surface area contributed by atoms with Gasteiger partial charge in [-0.1, -0.05) is 19.1 Å². The summed E-state index contributed by atoms with van der Waals surface area (Å²) >= 11 is 0. The number of carbonyl (C=O) groups excluding carboxylic acids is 1. The lowest BCUT2D eigenvalue weighted by atomic mass is 10.1. The maximum absolute atomic E-state index is 13.1. The van der Waals surface area contributed by atoms with Gasteiger partial charge in [-0.2, -0.15) is 5.10 Å². The molecular weight excluding hydrogens is 312 g/mol. The first-order valence-electron chi connectivity index (χ1n) is 9.48. The molecule has 5 heteroatoms. The summed E-state index contributed by atoms with van der Waals surface area (Å²) in [6, 6.07) is 8.55. The van der Waals surface area contributed by atoms with Crippen LogP contribution < -0.4 is 5.32 Å². The molecule has 0 spiro atoms. The Bertz CT molecular complexity index is 755. The predicted molar refractivity (Wildman–Crippen MR) is 98.4 cm³/mol. The summed E-state index contributed by atoms with van der Waals surface area (Å²) in [7, 11) is 0. The number of benzene rings is 1. The molecule has 132 valence electrons. The molecule has 0 bridgehead atoms. The van der Waals surface area contributed by atoms with Gasteiger partial charge in [0, 0.05) is 30.9 Å². The summed E-state index contributed by atoms with van der Waals surface area (Å²) in [5.41, 5.74) is 5.45. The number of nitrogens with one attached hydrogen (secondary N) is 1. The van der Waals surface area contributed by atoms with Crippen LogP contribution in [0.5, 0.6) is 0 Å². The third-order valence-electron chi connectivity index (χ3n) is 5.35. The molecule has 2 aliphatic rings. The van der Waals surface area contributed by atoms with Crippen LogP contribution in [0.15, 0.2) is 24.3 Å². The number of aromatic nitrogens is 2. The molecule has 2 heterocycles. The van der Waals surface area contributed by atoms with Gasteiger partial charge in [0.25, 0.3) is 5.91 Å². The Kier molecular flexibility index (Phi) is 4.57. The van der Waals surface area contributed by atoms with Gasteiger partial charge in [0.05, 0.1) is 5.69 Å². The molecule has 2 aromatic rings. The fourth-order valence-electron chi connectivity index (χ4n) is 3.89. The van der Waals surface area contributed by atoms with Gasteiger partial charge in [-0.15, -0.1) is 0 Å². The molecule has 1 aromatic carbocycles. The molecule has 1 amide bonds. The minimum Gasteiger partial charge on any atom is -0.336 e. The van der Waals surface area contributed by atoms with Crippen LogP contribution in [0.4, 0.5) is 0 Å². The Hall–Kier alpha value is -2.14. The molecule has 0 saturated carbocycles. The van der Waals surface area contributed by atoms with E-state index < -0.39 is 0 Å². The van der Waals surface area contributed by atoms with Gasteiger partial charge < -0.3 is 10.2 Å². The van der Waals surface area contributed by atoms with Crippen molar-refractivity contribution < 1.29 is 4.79 Å². The Morgan fingerprint density at radius 2 is 1.96 bits per heavy atom. The highest BCUT2D eigenvalue weighted by molar-refractivity contribution is 5.94. The number of carbonyl (C=O) groups is 1. The highest BCUT2D eigenvalue weighted by Crippen LogP contribution is 2.28. The molecule has 1 aliphatic carbocycles. The van der Waals surface area contributed by atoms with Crippen molar-refractivity contribution in [3.05, 3.63) is 46.8 Å². The lowest BCUT2D eigenvalue weighted by Crippen LogP contribution is -2.35. The van der Waals surface area contributed by atoms with Gasteiger partial charge in [-0.3, -0.25) is 4.79 Å². The van der Waals surface area contributed by atoms with Gasteiger partial charge in [-0.25, -0.2) is 4.68 Å². The number of hydrogen-bond donors (Lipinski definition) is 1. The lowest BCUT2D eigenvalue weighted by molar-refractivity contribution is 0.0759. The van der Waals surface area contributed by atoms with Crippen molar-refractivity contribution in [3.8, 4) is 5.69 Å². The van der Waals surface area contributed by atoms with Crippen molar-refractivity contribution in [2.75, 3.05) is 26.2 Å². The highest BCUT2D eigenvalue weighted by Gasteiger charge is 2.29. The number of fused-ring (bicyclic) bond motifs is 1. The van der Waals surface area contributed by atoms with Crippen LogP contribution in [0.25, 0.3) is 5.69 Å². The van der Waals surface area contributed by atoms with Crippen molar-refractivity contribution in [1.82, 2.24) is 20.0 Å². The van der Waals surface area contributed by atoms with Crippen LogP contribution in [0, 0.1) is 0 Å². The van der Waals surface area contributed by atoms with Crippen LogP contribution in [-0.2, 0) is 19.3 Å². The first-order chi connectivity index (χ1) is 12.3. The lowest BCUT2D eigenvalue weighted by Gasteiger charge is -2.19. The van der Waals surface area contributed by atoms with E-state index in [4.69, 9.17) is 5.10 Å². The molecule has 4 rings (SSSR count). The van der Waals surface area contributed by atoms with Gasteiger partial charge in [0.2, 0.25) is 0 Å². The third kappa shape index (κ3) is 3.09. The first kappa shape index (κ1) is 16.3. The Labute approximate surface area is 149 Å². The van der Waals surface area contributed by atoms with E-state index in [0.717, 1.165) is 64.0 Å². The van der Waals surface area contributed by atoms with Gasteiger partial charge in [0.1, 0.15) is 0 Å². The second kappa shape index (κ2) is 7.00.